The first kappa shape index (κ1) is 19.0. The summed E-state index contributed by atoms with van der Waals surface area (Å²) < 4.78 is 1.66. The van der Waals surface area contributed by atoms with E-state index in [-0.39, 0.29) is 17.6 Å². The van der Waals surface area contributed by atoms with Crippen molar-refractivity contribution in [3.63, 3.8) is 0 Å². The minimum absolute atomic E-state index is 0.0172. The summed E-state index contributed by atoms with van der Waals surface area (Å²) in [6.07, 6.45) is 6.20. The van der Waals surface area contributed by atoms with Crippen molar-refractivity contribution in [3.8, 4) is 5.69 Å². The third kappa shape index (κ3) is 4.29. The first-order valence-corrected chi connectivity index (χ1v) is 8.60. The van der Waals surface area contributed by atoms with Gasteiger partial charge in [0.15, 0.2) is 0 Å². The number of hydrogen-bond donors (Lipinski definition) is 0. The number of non-ortho nitro benzene ring substituents is 1. The molecule has 0 radical (unpaired) electrons. The van der Waals surface area contributed by atoms with Gasteiger partial charge in [0.2, 0.25) is 5.91 Å². The predicted molar refractivity (Wildman–Crippen MR) is 105 cm³/mol. The minimum Gasteiger partial charge on any atom is -0.335 e. The Bertz CT molecular complexity index is 980. The molecule has 8 heteroatoms. The van der Waals surface area contributed by atoms with Gasteiger partial charge in [0.1, 0.15) is 12.7 Å². The van der Waals surface area contributed by atoms with E-state index in [0.717, 1.165) is 16.8 Å². The molecule has 3 aromatic rings. The first-order chi connectivity index (χ1) is 13.5. The van der Waals surface area contributed by atoms with E-state index in [2.05, 4.69) is 10.1 Å². The van der Waals surface area contributed by atoms with Crippen LogP contribution in [0.15, 0.2) is 67.3 Å². The summed E-state index contributed by atoms with van der Waals surface area (Å²) in [5.74, 6) is -0.161. The highest BCUT2D eigenvalue weighted by molar-refractivity contribution is 5.91. The Morgan fingerprint density at radius 1 is 1.18 bits per heavy atom. The molecule has 1 amide bonds. The molecule has 8 nitrogen and oxygen atoms in total. The van der Waals surface area contributed by atoms with Crippen LogP contribution in [0.25, 0.3) is 11.8 Å². The van der Waals surface area contributed by atoms with E-state index in [0.29, 0.717) is 0 Å². The fraction of sp³-hybridized carbons (Fsp3) is 0.150. The summed E-state index contributed by atoms with van der Waals surface area (Å²) in [5.41, 5.74) is 2.62. The standard InChI is InChI=1S/C20H19N5O3/c1-15(17-6-10-18(11-7-17)24-14-21-13-22-24)23(2)20(26)12-5-16-3-8-19(9-4-16)25(27)28/h3-15H,1-2H3/b12-5+. The molecule has 2 aromatic carbocycles. The number of hydrogen-bond acceptors (Lipinski definition) is 5. The van der Waals surface area contributed by atoms with Crippen molar-refractivity contribution in [2.75, 3.05) is 7.05 Å². The Kier molecular flexibility index (Phi) is 5.59. The number of carbonyl (C=O) groups excluding carboxylic acids is 1. The number of nitrogens with zero attached hydrogens (tertiary/aromatic N) is 5. The number of benzene rings is 2. The number of amides is 1. The topological polar surface area (TPSA) is 94.2 Å². The smallest absolute Gasteiger partial charge is 0.269 e. The molecule has 0 bridgehead atoms. The Morgan fingerprint density at radius 3 is 2.43 bits per heavy atom. The largest absolute Gasteiger partial charge is 0.335 e. The van der Waals surface area contributed by atoms with Gasteiger partial charge < -0.3 is 4.90 Å². The molecule has 0 saturated carbocycles. The number of likely N-dealkylation sites (N-methyl/N-ethyl adjacent to an activating group) is 1. The van der Waals surface area contributed by atoms with Crippen molar-refractivity contribution >= 4 is 17.7 Å². The second kappa shape index (κ2) is 8.26. The quantitative estimate of drug-likeness (QED) is 0.373. The average molecular weight is 377 g/mol. The third-order valence-electron chi connectivity index (χ3n) is 4.51. The lowest BCUT2D eigenvalue weighted by Crippen LogP contribution is -2.27. The van der Waals surface area contributed by atoms with Gasteiger partial charge in [-0.05, 0) is 48.4 Å². The summed E-state index contributed by atoms with van der Waals surface area (Å²) in [7, 11) is 1.73. The van der Waals surface area contributed by atoms with Crippen LogP contribution in [0.1, 0.15) is 24.1 Å². The SMILES string of the molecule is CC(c1ccc(-n2cncn2)cc1)N(C)C(=O)/C=C/c1ccc([N+](=O)[O-])cc1. The van der Waals surface area contributed by atoms with Crippen LogP contribution in [0.5, 0.6) is 0 Å². The van der Waals surface area contributed by atoms with Gasteiger partial charge in [0.25, 0.3) is 5.69 Å². The number of rotatable bonds is 6. The van der Waals surface area contributed by atoms with Gasteiger partial charge >= 0.3 is 0 Å². The maximum atomic E-state index is 12.5. The summed E-state index contributed by atoms with van der Waals surface area (Å²) in [5, 5.41) is 14.8. The fourth-order valence-electron chi connectivity index (χ4n) is 2.65. The van der Waals surface area contributed by atoms with Crippen LogP contribution in [0.4, 0.5) is 5.69 Å². The van der Waals surface area contributed by atoms with Crippen molar-refractivity contribution in [1.29, 1.82) is 0 Å². The molecule has 0 aliphatic rings. The highest BCUT2D eigenvalue weighted by Crippen LogP contribution is 2.21. The van der Waals surface area contributed by atoms with E-state index in [1.807, 2.05) is 31.2 Å². The number of nitro groups is 1. The zero-order chi connectivity index (χ0) is 20.1. The van der Waals surface area contributed by atoms with Gasteiger partial charge in [0.05, 0.1) is 16.7 Å². The van der Waals surface area contributed by atoms with Crippen molar-refractivity contribution in [3.05, 3.63) is 88.5 Å². The number of aromatic nitrogens is 3. The molecule has 0 saturated heterocycles. The van der Waals surface area contributed by atoms with Crippen LogP contribution in [-0.4, -0.2) is 37.5 Å². The monoisotopic (exact) mass is 377 g/mol. The van der Waals surface area contributed by atoms with Gasteiger partial charge in [-0.25, -0.2) is 9.67 Å². The molecule has 0 aliphatic heterocycles. The van der Waals surface area contributed by atoms with Crippen LogP contribution in [0, 0.1) is 10.1 Å². The molecule has 0 spiro atoms. The minimum atomic E-state index is -0.456. The van der Waals surface area contributed by atoms with Gasteiger partial charge in [-0.15, -0.1) is 0 Å². The van der Waals surface area contributed by atoms with Gasteiger partial charge in [-0.3, -0.25) is 14.9 Å². The number of carbonyl (C=O) groups is 1. The Morgan fingerprint density at radius 2 is 1.86 bits per heavy atom. The molecule has 1 aromatic heterocycles. The van der Waals surface area contributed by atoms with Gasteiger partial charge in [-0.1, -0.05) is 12.1 Å². The average Bonchev–Trinajstić information content (AvgIpc) is 3.26. The van der Waals surface area contributed by atoms with E-state index in [4.69, 9.17) is 0 Å². The van der Waals surface area contributed by atoms with Crippen LogP contribution in [-0.2, 0) is 4.79 Å². The molecule has 0 aliphatic carbocycles. The molecule has 1 atom stereocenters. The van der Waals surface area contributed by atoms with Crippen molar-refractivity contribution < 1.29 is 9.72 Å². The number of nitro benzene ring substituents is 1. The molecule has 1 heterocycles. The Balaban J connectivity index is 1.65. The lowest BCUT2D eigenvalue weighted by atomic mass is 10.1. The Hall–Kier alpha value is -3.81. The van der Waals surface area contributed by atoms with Crippen LogP contribution in [0.3, 0.4) is 0 Å². The predicted octanol–water partition coefficient (Wildman–Crippen LogP) is 3.41. The summed E-state index contributed by atoms with van der Waals surface area (Å²) in [4.78, 5) is 28.3. The highest BCUT2D eigenvalue weighted by Gasteiger charge is 2.15. The first-order valence-electron chi connectivity index (χ1n) is 8.60. The lowest BCUT2D eigenvalue weighted by Gasteiger charge is -2.24. The summed E-state index contributed by atoms with van der Waals surface area (Å²) >= 11 is 0. The molecule has 0 fully saturated rings. The maximum Gasteiger partial charge on any atom is 0.269 e. The molecule has 142 valence electrons. The van der Waals surface area contributed by atoms with Crippen molar-refractivity contribution in [1.82, 2.24) is 19.7 Å². The van der Waals surface area contributed by atoms with Crippen molar-refractivity contribution in [2.45, 2.75) is 13.0 Å². The molecular weight excluding hydrogens is 358 g/mol. The normalized spacial score (nSPS) is 12.1. The lowest BCUT2D eigenvalue weighted by molar-refractivity contribution is -0.384. The molecule has 28 heavy (non-hydrogen) atoms. The van der Waals surface area contributed by atoms with E-state index in [1.165, 1.54) is 24.5 Å². The zero-order valence-corrected chi connectivity index (χ0v) is 15.5. The van der Waals surface area contributed by atoms with Crippen LogP contribution >= 0.6 is 0 Å². The molecule has 3 rings (SSSR count). The fourth-order valence-corrected chi connectivity index (χ4v) is 2.65. The molecular formula is C20H19N5O3. The van der Waals surface area contributed by atoms with E-state index in [9.17, 15) is 14.9 Å². The molecule has 1 unspecified atom stereocenters. The second-order valence-corrected chi connectivity index (χ2v) is 6.24. The van der Waals surface area contributed by atoms with Crippen LogP contribution in [0.2, 0.25) is 0 Å². The van der Waals surface area contributed by atoms with E-state index < -0.39 is 4.92 Å². The van der Waals surface area contributed by atoms with Gasteiger partial charge in [-0.2, -0.15) is 5.10 Å². The van der Waals surface area contributed by atoms with Crippen LogP contribution < -0.4 is 0 Å². The third-order valence-corrected chi connectivity index (χ3v) is 4.51. The summed E-state index contributed by atoms with van der Waals surface area (Å²) in [6, 6.07) is 13.6. The highest BCUT2D eigenvalue weighted by atomic mass is 16.6. The van der Waals surface area contributed by atoms with Gasteiger partial charge in [0, 0.05) is 25.3 Å². The van der Waals surface area contributed by atoms with E-state index in [1.54, 1.807) is 41.2 Å². The molecule has 0 N–H and O–H groups in total. The maximum absolute atomic E-state index is 12.5. The second-order valence-electron chi connectivity index (χ2n) is 6.24. The van der Waals surface area contributed by atoms with E-state index >= 15 is 0 Å². The zero-order valence-electron chi connectivity index (χ0n) is 15.5. The summed E-state index contributed by atoms with van der Waals surface area (Å²) in [6.45, 7) is 1.95. The Labute approximate surface area is 161 Å². The van der Waals surface area contributed by atoms with Crippen molar-refractivity contribution in [2.24, 2.45) is 0 Å².